The molecule has 5 heteroatoms. The van der Waals surface area contributed by atoms with E-state index in [2.05, 4.69) is 20.7 Å². The highest BCUT2D eigenvalue weighted by Crippen LogP contribution is 2.12. The summed E-state index contributed by atoms with van der Waals surface area (Å²) in [6, 6.07) is 6.26. The van der Waals surface area contributed by atoms with Crippen LogP contribution in [0.3, 0.4) is 0 Å². The Morgan fingerprint density at radius 2 is 2.00 bits per heavy atom. The first-order valence-corrected chi connectivity index (χ1v) is 5.37. The Labute approximate surface area is 101 Å². The van der Waals surface area contributed by atoms with Crippen molar-refractivity contribution >= 4 is 33.5 Å². The molecule has 0 aliphatic heterocycles. The first-order chi connectivity index (χ1) is 7.56. The van der Waals surface area contributed by atoms with Gasteiger partial charge in [0, 0.05) is 10.0 Å². The van der Waals surface area contributed by atoms with Gasteiger partial charge >= 0.3 is 11.8 Å². The summed E-state index contributed by atoms with van der Waals surface area (Å²) in [5.74, 6) is -3.13. The summed E-state index contributed by atoms with van der Waals surface area (Å²) in [7, 11) is 0. The predicted molar refractivity (Wildman–Crippen MR) is 60.1 cm³/mol. The van der Waals surface area contributed by atoms with Gasteiger partial charge in [0.2, 0.25) is 5.78 Å². The van der Waals surface area contributed by atoms with Gasteiger partial charge in [-0.2, -0.15) is 0 Å². The summed E-state index contributed by atoms with van der Waals surface area (Å²) in [6.07, 6.45) is 0. The molecule has 0 spiro atoms. The van der Waals surface area contributed by atoms with Crippen LogP contribution in [0.4, 0.5) is 0 Å². The Morgan fingerprint density at radius 3 is 2.56 bits per heavy atom. The van der Waals surface area contributed by atoms with Gasteiger partial charge in [-0.25, -0.2) is 4.79 Å². The van der Waals surface area contributed by atoms with Crippen molar-refractivity contribution < 1.29 is 19.1 Å². The molecule has 0 amide bonds. The molecule has 0 unspecified atom stereocenters. The van der Waals surface area contributed by atoms with E-state index in [1.807, 2.05) is 0 Å². The minimum Gasteiger partial charge on any atom is -0.460 e. The lowest BCUT2D eigenvalue weighted by molar-refractivity contribution is -0.151. The molecule has 0 saturated heterocycles. The van der Waals surface area contributed by atoms with E-state index < -0.39 is 17.5 Å². The number of hydrogen-bond donors (Lipinski definition) is 0. The van der Waals surface area contributed by atoms with Gasteiger partial charge in [0.1, 0.15) is 0 Å². The molecule has 0 fully saturated rings. The zero-order chi connectivity index (χ0) is 12.1. The number of esters is 1. The molecule has 1 rings (SSSR count). The number of carbonyl (C=O) groups excluding carboxylic acids is 3. The summed E-state index contributed by atoms with van der Waals surface area (Å²) in [5, 5.41) is 0. The molecule has 1 aromatic carbocycles. The highest BCUT2D eigenvalue weighted by molar-refractivity contribution is 9.10. The van der Waals surface area contributed by atoms with Gasteiger partial charge < -0.3 is 4.74 Å². The SMILES string of the molecule is CCOC(=O)C(=O)C(=O)c1cccc(Br)c1. The van der Waals surface area contributed by atoms with Crippen molar-refractivity contribution in [1.82, 2.24) is 0 Å². The summed E-state index contributed by atoms with van der Waals surface area (Å²) >= 11 is 3.17. The van der Waals surface area contributed by atoms with E-state index in [1.165, 1.54) is 12.1 Å². The fourth-order valence-corrected chi connectivity index (χ4v) is 1.45. The first kappa shape index (κ1) is 12.6. The van der Waals surface area contributed by atoms with Crippen LogP contribution in [0.15, 0.2) is 28.7 Å². The average Bonchev–Trinajstić information content (AvgIpc) is 2.27. The molecule has 0 aliphatic carbocycles. The molecule has 0 heterocycles. The monoisotopic (exact) mass is 284 g/mol. The highest BCUT2D eigenvalue weighted by Gasteiger charge is 2.25. The lowest BCUT2D eigenvalue weighted by Crippen LogP contribution is -2.26. The Hall–Kier alpha value is -1.49. The van der Waals surface area contributed by atoms with Gasteiger partial charge in [-0.3, -0.25) is 9.59 Å². The Bertz CT molecular complexity index is 439. The second-order valence-electron chi connectivity index (χ2n) is 2.89. The summed E-state index contributed by atoms with van der Waals surface area (Å²) in [4.78, 5) is 33.9. The van der Waals surface area contributed by atoms with E-state index in [-0.39, 0.29) is 12.2 Å². The summed E-state index contributed by atoms with van der Waals surface area (Å²) in [6.45, 7) is 1.63. The fourth-order valence-electron chi connectivity index (χ4n) is 1.05. The minimum absolute atomic E-state index is 0.0658. The van der Waals surface area contributed by atoms with Gasteiger partial charge in [-0.1, -0.05) is 28.1 Å². The van der Waals surface area contributed by atoms with Crippen molar-refractivity contribution in [2.75, 3.05) is 6.61 Å². The molecule has 84 valence electrons. The largest absolute Gasteiger partial charge is 0.460 e. The molecule has 0 atom stereocenters. The van der Waals surface area contributed by atoms with Gasteiger partial charge in [0.25, 0.3) is 0 Å². The minimum atomic E-state index is -1.15. The maximum absolute atomic E-state index is 11.5. The third-order valence-electron chi connectivity index (χ3n) is 1.75. The van der Waals surface area contributed by atoms with Crippen LogP contribution >= 0.6 is 15.9 Å². The van der Waals surface area contributed by atoms with Crippen LogP contribution in [0.25, 0.3) is 0 Å². The lowest BCUT2D eigenvalue weighted by atomic mass is 10.1. The van der Waals surface area contributed by atoms with Gasteiger partial charge in [0.15, 0.2) is 0 Å². The van der Waals surface area contributed by atoms with Gasteiger partial charge in [-0.05, 0) is 19.1 Å². The topological polar surface area (TPSA) is 60.4 Å². The lowest BCUT2D eigenvalue weighted by Gasteiger charge is -2.00. The average molecular weight is 285 g/mol. The quantitative estimate of drug-likeness (QED) is 0.366. The number of ketones is 2. The summed E-state index contributed by atoms with van der Waals surface area (Å²) in [5.41, 5.74) is 0.160. The molecule has 0 N–H and O–H groups in total. The summed E-state index contributed by atoms with van der Waals surface area (Å²) < 4.78 is 5.12. The van der Waals surface area contributed by atoms with Crippen LogP contribution in [0.1, 0.15) is 17.3 Å². The van der Waals surface area contributed by atoms with E-state index in [0.717, 1.165) is 0 Å². The van der Waals surface area contributed by atoms with Crippen LogP contribution < -0.4 is 0 Å². The van der Waals surface area contributed by atoms with Crippen molar-refractivity contribution in [1.29, 1.82) is 0 Å². The second-order valence-corrected chi connectivity index (χ2v) is 3.80. The van der Waals surface area contributed by atoms with Crippen molar-refractivity contribution in [3.05, 3.63) is 34.3 Å². The van der Waals surface area contributed by atoms with Crippen LogP contribution in [-0.4, -0.2) is 24.1 Å². The third-order valence-corrected chi connectivity index (χ3v) is 2.25. The number of carbonyl (C=O) groups is 3. The Balaban J connectivity index is 2.86. The van der Waals surface area contributed by atoms with Crippen molar-refractivity contribution in [2.45, 2.75) is 6.92 Å². The maximum atomic E-state index is 11.5. The van der Waals surface area contributed by atoms with Gasteiger partial charge in [0.05, 0.1) is 6.61 Å². The zero-order valence-electron chi connectivity index (χ0n) is 8.53. The number of halogens is 1. The second kappa shape index (κ2) is 5.55. The predicted octanol–water partition coefficient (Wildman–Crippen LogP) is 1.76. The van der Waals surface area contributed by atoms with Crippen LogP contribution in [0.2, 0.25) is 0 Å². The van der Waals surface area contributed by atoms with Crippen molar-refractivity contribution in [3.8, 4) is 0 Å². The number of rotatable bonds is 4. The van der Waals surface area contributed by atoms with Crippen LogP contribution in [0, 0.1) is 0 Å². The number of Topliss-reactive ketones (excluding diaryl/α,β-unsaturated/α-hetero) is 2. The van der Waals surface area contributed by atoms with Crippen molar-refractivity contribution in [2.24, 2.45) is 0 Å². The van der Waals surface area contributed by atoms with E-state index in [9.17, 15) is 14.4 Å². The van der Waals surface area contributed by atoms with Gasteiger partial charge in [-0.15, -0.1) is 0 Å². The van der Waals surface area contributed by atoms with Crippen LogP contribution in [0.5, 0.6) is 0 Å². The van der Waals surface area contributed by atoms with E-state index >= 15 is 0 Å². The Kier molecular flexibility index (Phi) is 4.37. The number of hydrogen-bond acceptors (Lipinski definition) is 4. The molecule has 0 saturated carbocycles. The molecule has 0 radical (unpaired) electrons. The van der Waals surface area contributed by atoms with E-state index in [1.54, 1.807) is 19.1 Å². The Morgan fingerprint density at radius 1 is 1.31 bits per heavy atom. The fraction of sp³-hybridized carbons (Fsp3) is 0.182. The highest BCUT2D eigenvalue weighted by atomic mass is 79.9. The van der Waals surface area contributed by atoms with E-state index in [0.29, 0.717) is 4.47 Å². The first-order valence-electron chi connectivity index (χ1n) is 4.57. The standard InChI is InChI=1S/C11H9BrO4/c1-2-16-11(15)10(14)9(13)7-4-3-5-8(12)6-7/h3-6H,2H2,1H3. The maximum Gasteiger partial charge on any atom is 0.383 e. The van der Waals surface area contributed by atoms with E-state index in [4.69, 9.17) is 0 Å². The molecule has 4 nitrogen and oxygen atoms in total. The molecule has 1 aromatic rings. The third kappa shape index (κ3) is 3.00. The zero-order valence-corrected chi connectivity index (χ0v) is 10.1. The molecule has 0 aliphatic rings. The smallest absolute Gasteiger partial charge is 0.383 e. The molecule has 16 heavy (non-hydrogen) atoms. The normalized spacial score (nSPS) is 9.62. The number of benzene rings is 1. The molecular formula is C11H9BrO4. The molecular weight excluding hydrogens is 276 g/mol. The molecule has 0 aromatic heterocycles. The van der Waals surface area contributed by atoms with Crippen molar-refractivity contribution in [3.63, 3.8) is 0 Å². The number of ether oxygens (including phenoxy) is 1. The molecule has 0 bridgehead atoms. The van der Waals surface area contributed by atoms with Crippen LogP contribution in [-0.2, 0) is 14.3 Å².